The van der Waals surface area contributed by atoms with E-state index >= 15 is 0 Å². The first kappa shape index (κ1) is 13.7. The summed E-state index contributed by atoms with van der Waals surface area (Å²) in [5, 5.41) is 8.77. The lowest BCUT2D eigenvalue weighted by Crippen LogP contribution is -2.56. The Bertz CT molecular complexity index is 482. The SMILES string of the molecule is NC(C(=O)O)(c1ccc(OC2CC2)cc1)C(F)(F)F. The molecular weight excluding hydrogens is 263 g/mol. The van der Waals surface area contributed by atoms with Crippen molar-refractivity contribution in [2.45, 2.75) is 30.7 Å². The standard InChI is InChI=1S/C12H12F3NO3/c13-12(14,15)11(16,10(17)18)7-1-3-8(4-2-7)19-9-5-6-9/h1-4,9H,5-6,16H2,(H,17,18). The molecule has 104 valence electrons. The van der Waals surface area contributed by atoms with E-state index in [1.165, 1.54) is 12.1 Å². The molecular formula is C12H12F3NO3. The predicted molar refractivity (Wildman–Crippen MR) is 59.6 cm³/mol. The third-order valence-electron chi connectivity index (χ3n) is 2.92. The highest BCUT2D eigenvalue weighted by Crippen LogP contribution is 2.38. The van der Waals surface area contributed by atoms with E-state index < -0.39 is 23.2 Å². The summed E-state index contributed by atoms with van der Waals surface area (Å²) in [4.78, 5) is 10.9. The fourth-order valence-corrected chi connectivity index (χ4v) is 1.58. The Hall–Kier alpha value is -1.76. The van der Waals surface area contributed by atoms with Crippen LogP contribution in [0.2, 0.25) is 0 Å². The average Bonchev–Trinajstić information content (AvgIpc) is 3.11. The van der Waals surface area contributed by atoms with Crippen molar-refractivity contribution in [1.82, 2.24) is 0 Å². The van der Waals surface area contributed by atoms with Crippen LogP contribution in [0, 0.1) is 0 Å². The topological polar surface area (TPSA) is 72.6 Å². The van der Waals surface area contributed by atoms with Crippen molar-refractivity contribution >= 4 is 5.97 Å². The molecule has 0 aliphatic heterocycles. The van der Waals surface area contributed by atoms with Gasteiger partial charge in [0.1, 0.15) is 5.75 Å². The zero-order valence-electron chi connectivity index (χ0n) is 9.78. The smallest absolute Gasteiger partial charge is 0.421 e. The van der Waals surface area contributed by atoms with E-state index in [0.29, 0.717) is 5.75 Å². The van der Waals surface area contributed by atoms with Gasteiger partial charge in [0.2, 0.25) is 5.54 Å². The van der Waals surface area contributed by atoms with Crippen LogP contribution in [0.3, 0.4) is 0 Å². The first-order valence-corrected chi connectivity index (χ1v) is 5.61. The second-order valence-electron chi connectivity index (χ2n) is 4.45. The minimum absolute atomic E-state index is 0.107. The largest absolute Gasteiger partial charge is 0.490 e. The number of rotatable bonds is 4. The van der Waals surface area contributed by atoms with E-state index in [1.54, 1.807) is 0 Å². The maximum Gasteiger partial charge on any atom is 0.421 e. The van der Waals surface area contributed by atoms with Crippen LogP contribution in [0.5, 0.6) is 5.75 Å². The van der Waals surface area contributed by atoms with Crippen molar-refractivity contribution in [3.8, 4) is 5.75 Å². The van der Waals surface area contributed by atoms with Gasteiger partial charge in [0.05, 0.1) is 6.10 Å². The molecule has 0 bridgehead atoms. The van der Waals surface area contributed by atoms with Crippen LogP contribution in [-0.4, -0.2) is 23.4 Å². The van der Waals surface area contributed by atoms with Gasteiger partial charge in [-0.1, -0.05) is 12.1 Å². The van der Waals surface area contributed by atoms with E-state index in [-0.39, 0.29) is 6.10 Å². The highest BCUT2D eigenvalue weighted by molar-refractivity contribution is 5.81. The molecule has 1 aromatic rings. The third-order valence-corrected chi connectivity index (χ3v) is 2.92. The highest BCUT2D eigenvalue weighted by Gasteiger charge is 2.59. The molecule has 1 aliphatic carbocycles. The summed E-state index contributed by atoms with van der Waals surface area (Å²) in [7, 11) is 0. The molecule has 0 spiro atoms. The van der Waals surface area contributed by atoms with Gasteiger partial charge >= 0.3 is 12.1 Å². The third kappa shape index (κ3) is 2.51. The first-order valence-electron chi connectivity index (χ1n) is 5.61. The molecule has 3 N–H and O–H groups in total. The van der Waals surface area contributed by atoms with Crippen molar-refractivity contribution in [3.05, 3.63) is 29.8 Å². The van der Waals surface area contributed by atoms with Gasteiger partial charge < -0.3 is 15.6 Å². The Morgan fingerprint density at radius 2 is 1.79 bits per heavy atom. The van der Waals surface area contributed by atoms with Gasteiger partial charge in [0, 0.05) is 0 Å². The van der Waals surface area contributed by atoms with Gasteiger partial charge in [-0.15, -0.1) is 0 Å². The number of hydrogen-bond donors (Lipinski definition) is 2. The average molecular weight is 275 g/mol. The number of hydrogen-bond acceptors (Lipinski definition) is 3. The second kappa shape index (κ2) is 4.41. The summed E-state index contributed by atoms with van der Waals surface area (Å²) < 4.78 is 43.8. The molecule has 19 heavy (non-hydrogen) atoms. The molecule has 1 saturated carbocycles. The Morgan fingerprint density at radius 3 is 2.16 bits per heavy atom. The summed E-state index contributed by atoms with van der Waals surface area (Å²) in [6, 6.07) is 4.65. The molecule has 0 aromatic heterocycles. The van der Waals surface area contributed by atoms with Gasteiger partial charge in [-0.2, -0.15) is 13.2 Å². The molecule has 1 atom stereocenters. The molecule has 0 amide bonds. The van der Waals surface area contributed by atoms with E-state index in [9.17, 15) is 18.0 Å². The molecule has 1 fully saturated rings. The van der Waals surface area contributed by atoms with Gasteiger partial charge in [-0.05, 0) is 30.5 Å². The zero-order valence-corrected chi connectivity index (χ0v) is 9.78. The van der Waals surface area contributed by atoms with Gasteiger partial charge in [0.15, 0.2) is 0 Å². The maximum absolute atomic E-state index is 12.8. The minimum Gasteiger partial charge on any atom is -0.490 e. The van der Waals surface area contributed by atoms with Crippen LogP contribution in [0.4, 0.5) is 13.2 Å². The van der Waals surface area contributed by atoms with Crippen LogP contribution < -0.4 is 10.5 Å². The number of benzene rings is 1. The molecule has 1 aliphatic rings. The summed E-state index contributed by atoms with van der Waals surface area (Å²) in [5.41, 5.74) is 1.09. The minimum atomic E-state index is -5.09. The lowest BCUT2D eigenvalue weighted by Gasteiger charge is -2.27. The van der Waals surface area contributed by atoms with E-state index in [0.717, 1.165) is 25.0 Å². The summed E-state index contributed by atoms with van der Waals surface area (Å²) in [5.74, 6) is -1.74. The number of carboxylic acids is 1. The van der Waals surface area contributed by atoms with Crippen LogP contribution in [0.1, 0.15) is 18.4 Å². The summed E-state index contributed by atoms with van der Waals surface area (Å²) in [6.45, 7) is 0. The van der Waals surface area contributed by atoms with Gasteiger partial charge in [-0.25, -0.2) is 4.79 Å². The monoisotopic (exact) mass is 275 g/mol. The van der Waals surface area contributed by atoms with Crippen LogP contribution >= 0.6 is 0 Å². The maximum atomic E-state index is 12.8. The van der Waals surface area contributed by atoms with Crippen molar-refractivity contribution < 1.29 is 27.8 Å². The quantitative estimate of drug-likeness (QED) is 0.881. The molecule has 0 heterocycles. The number of nitrogens with two attached hydrogens (primary N) is 1. The fraction of sp³-hybridized carbons (Fsp3) is 0.417. The number of aliphatic carboxylic acids is 1. The Balaban J connectivity index is 2.29. The zero-order chi connectivity index (χ0) is 14.3. The normalized spacial score (nSPS) is 18.7. The van der Waals surface area contributed by atoms with E-state index in [1.807, 2.05) is 0 Å². The molecule has 0 saturated heterocycles. The Labute approximate surface area is 107 Å². The van der Waals surface area contributed by atoms with Crippen LogP contribution in [0.25, 0.3) is 0 Å². The molecule has 0 radical (unpaired) electrons. The Morgan fingerprint density at radius 1 is 1.26 bits per heavy atom. The molecule has 4 nitrogen and oxygen atoms in total. The lowest BCUT2D eigenvalue weighted by atomic mass is 9.90. The number of ether oxygens (including phenoxy) is 1. The van der Waals surface area contributed by atoms with Gasteiger partial charge in [-0.3, -0.25) is 0 Å². The van der Waals surface area contributed by atoms with Crippen molar-refractivity contribution in [3.63, 3.8) is 0 Å². The summed E-state index contributed by atoms with van der Waals surface area (Å²) >= 11 is 0. The molecule has 7 heteroatoms. The molecule has 1 unspecified atom stereocenters. The number of carbonyl (C=O) groups is 1. The first-order chi connectivity index (χ1) is 8.75. The lowest BCUT2D eigenvalue weighted by molar-refractivity contribution is -0.204. The molecule has 1 aromatic carbocycles. The van der Waals surface area contributed by atoms with Crippen molar-refractivity contribution in [2.75, 3.05) is 0 Å². The van der Waals surface area contributed by atoms with Crippen molar-refractivity contribution in [2.24, 2.45) is 5.73 Å². The Kier molecular flexibility index (Phi) is 3.17. The van der Waals surface area contributed by atoms with Crippen LogP contribution in [-0.2, 0) is 10.3 Å². The molecule has 2 rings (SSSR count). The second-order valence-corrected chi connectivity index (χ2v) is 4.45. The number of alkyl halides is 3. The highest BCUT2D eigenvalue weighted by atomic mass is 19.4. The fourth-order valence-electron chi connectivity index (χ4n) is 1.58. The summed E-state index contributed by atoms with van der Waals surface area (Å²) in [6.07, 6.45) is -3.14. The number of halogens is 3. The van der Waals surface area contributed by atoms with E-state index in [2.05, 4.69) is 0 Å². The predicted octanol–water partition coefficient (Wildman–Crippen LogP) is 2.03. The van der Waals surface area contributed by atoms with Crippen molar-refractivity contribution in [1.29, 1.82) is 0 Å². The van der Waals surface area contributed by atoms with Crippen LogP contribution in [0.15, 0.2) is 24.3 Å². The van der Waals surface area contributed by atoms with E-state index in [4.69, 9.17) is 15.6 Å². The van der Waals surface area contributed by atoms with Gasteiger partial charge in [0.25, 0.3) is 0 Å². The number of carboxylic acid groups (broad SMARTS) is 1.